The van der Waals surface area contributed by atoms with E-state index in [2.05, 4.69) is 10.1 Å². The molecule has 23 heavy (non-hydrogen) atoms. The smallest absolute Gasteiger partial charge is 0.387 e. The van der Waals surface area contributed by atoms with Crippen molar-refractivity contribution in [1.82, 2.24) is 0 Å². The SMILES string of the molecule is O=C(COc1ccc(F)c(F)c1)Nc1ccc(OC(F)F)cc1. The van der Waals surface area contributed by atoms with Crippen molar-refractivity contribution in [2.75, 3.05) is 11.9 Å². The highest BCUT2D eigenvalue weighted by Gasteiger charge is 2.08. The van der Waals surface area contributed by atoms with E-state index in [0.29, 0.717) is 5.69 Å². The molecule has 0 radical (unpaired) electrons. The van der Waals surface area contributed by atoms with Gasteiger partial charge in [0.1, 0.15) is 11.5 Å². The second kappa shape index (κ2) is 7.48. The lowest BCUT2D eigenvalue weighted by atomic mass is 10.3. The van der Waals surface area contributed by atoms with E-state index in [0.717, 1.165) is 12.1 Å². The van der Waals surface area contributed by atoms with Crippen LogP contribution < -0.4 is 14.8 Å². The third-order valence-corrected chi connectivity index (χ3v) is 2.62. The standard InChI is InChI=1S/C15H11F4NO3/c16-12-6-5-11(7-13(12)17)22-8-14(21)20-9-1-3-10(4-2-9)23-15(18)19/h1-7,15H,8H2,(H,20,21). The average Bonchev–Trinajstić information content (AvgIpc) is 2.50. The van der Waals surface area contributed by atoms with Crippen molar-refractivity contribution < 1.29 is 31.8 Å². The number of carbonyl (C=O) groups excluding carboxylic acids is 1. The van der Waals surface area contributed by atoms with Crippen LogP contribution in [0.4, 0.5) is 23.2 Å². The van der Waals surface area contributed by atoms with E-state index >= 15 is 0 Å². The molecule has 0 aliphatic heterocycles. The molecule has 0 aliphatic carbocycles. The first-order chi connectivity index (χ1) is 10.9. The molecule has 1 N–H and O–H groups in total. The monoisotopic (exact) mass is 329 g/mol. The largest absolute Gasteiger partial charge is 0.484 e. The van der Waals surface area contributed by atoms with Crippen molar-refractivity contribution in [1.29, 1.82) is 0 Å². The Balaban J connectivity index is 1.85. The van der Waals surface area contributed by atoms with Crippen LogP contribution in [0.15, 0.2) is 42.5 Å². The van der Waals surface area contributed by atoms with Crippen LogP contribution in [0.25, 0.3) is 0 Å². The van der Waals surface area contributed by atoms with Gasteiger partial charge in [-0.3, -0.25) is 4.79 Å². The molecule has 0 unspecified atom stereocenters. The number of hydrogen-bond donors (Lipinski definition) is 1. The Labute approximate surface area is 128 Å². The highest BCUT2D eigenvalue weighted by molar-refractivity contribution is 5.91. The van der Waals surface area contributed by atoms with Crippen LogP contribution in [0.1, 0.15) is 0 Å². The lowest BCUT2D eigenvalue weighted by molar-refractivity contribution is -0.118. The van der Waals surface area contributed by atoms with E-state index in [1.165, 1.54) is 30.3 Å². The molecule has 1 amide bonds. The molecule has 8 heteroatoms. The summed E-state index contributed by atoms with van der Waals surface area (Å²) in [6, 6.07) is 8.14. The minimum atomic E-state index is -2.93. The van der Waals surface area contributed by atoms with Crippen LogP contribution in [0.2, 0.25) is 0 Å². The zero-order valence-electron chi connectivity index (χ0n) is 11.6. The fraction of sp³-hybridized carbons (Fsp3) is 0.133. The van der Waals surface area contributed by atoms with Crippen LogP contribution in [-0.4, -0.2) is 19.1 Å². The Hall–Kier alpha value is -2.77. The average molecular weight is 329 g/mol. The zero-order valence-corrected chi connectivity index (χ0v) is 11.6. The highest BCUT2D eigenvalue weighted by atomic mass is 19.3. The maximum absolute atomic E-state index is 13.0. The van der Waals surface area contributed by atoms with Crippen molar-refractivity contribution >= 4 is 11.6 Å². The number of amides is 1. The Morgan fingerprint density at radius 2 is 1.65 bits per heavy atom. The van der Waals surface area contributed by atoms with Crippen molar-refractivity contribution in [3.8, 4) is 11.5 Å². The first kappa shape index (κ1) is 16.6. The summed E-state index contributed by atoms with van der Waals surface area (Å²) < 4.78 is 58.8. The molecule has 0 spiro atoms. The van der Waals surface area contributed by atoms with Crippen LogP contribution >= 0.6 is 0 Å². The summed E-state index contributed by atoms with van der Waals surface area (Å²) in [5.41, 5.74) is 0.338. The van der Waals surface area contributed by atoms with Gasteiger partial charge in [-0.05, 0) is 36.4 Å². The maximum Gasteiger partial charge on any atom is 0.387 e. The van der Waals surface area contributed by atoms with E-state index in [9.17, 15) is 22.4 Å². The number of alkyl halides is 2. The Bertz CT molecular complexity index is 677. The van der Waals surface area contributed by atoms with Gasteiger partial charge in [0.2, 0.25) is 0 Å². The molecule has 2 aromatic rings. The Morgan fingerprint density at radius 3 is 2.26 bits per heavy atom. The topological polar surface area (TPSA) is 47.6 Å². The summed E-state index contributed by atoms with van der Waals surface area (Å²) >= 11 is 0. The number of ether oxygens (including phenoxy) is 2. The van der Waals surface area contributed by atoms with Crippen LogP contribution in [-0.2, 0) is 4.79 Å². The number of halogens is 4. The molecule has 0 aromatic heterocycles. The van der Waals surface area contributed by atoms with Gasteiger partial charge in [0.15, 0.2) is 18.2 Å². The van der Waals surface area contributed by atoms with Gasteiger partial charge in [-0.1, -0.05) is 0 Å². The van der Waals surface area contributed by atoms with Crippen molar-refractivity contribution in [2.45, 2.75) is 6.61 Å². The summed E-state index contributed by atoms with van der Waals surface area (Å²) in [5, 5.41) is 2.44. The number of nitrogens with one attached hydrogen (secondary N) is 1. The highest BCUT2D eigenvalue weighted by Crippen LogP contribution is 2.18. The molecule has 0 atom stereocenters. The second-order valence-corrected chi connectivity index (χ2v) is 4.32. The first-order valence-corrected chi connectivity index (χ1v) is 6.36. The van der Waals surface area contributed by atoms with Crippen molar-refractivity contribution in [2.24, 2.45) is 0 Å². The second-order valence-electron chi connectivity index (χ2n) is 4.32. The molecule has 0 aliphatic rings. The normalized spacial score (nSPS) is 10.5. The van der Waals surface area contributed by atoms with Gasteiger partial charge in [-0.2, -0.15) is 8.78 Å². The number of rotatable bonds is 6. The number of carbonyl (C=O) groups is 1. The Kier molecular flexibility index (Phi) is 5.40. The van der Waals surface area contributed by atoms with E-state index in [4.69, 9.17) is 4.74 Å². The minimum Gasteiger partial charge on any atom is -0.484 e. The number of benzene rings is 2. The lowest BCUT2D eigenvalue weighted by Gasteiger charge is -2.09. The third kappa shape index (κ3) is 5.17. The minimum absolute atomic E-state index is 0.000249. The predicted octanol–water partition coefficient (Wildman–Crippen LogP) is 3.58. The van der Waals surface area contributed by atoms with Crippen molar-refractivity contribution in [3.63, 3.8) is 0 Å². The van der Waals surface area contributed by atoms with Gasteiger partial charge in [0.25, 0.3) is 5.91 Å². The quantitative estimate of drug-likeness (QED) is 0.824. The van der Waals surface area contributed by atoms with Crippen LogP contribution in [0, 0.1) is 11.6 Å². The summed E-state index contributed by atoms with van der Waals surface area (Å²) in [6.45, 7) is -3.36. The lowest BCUT2D eigenvalue weighted by Crippen LogP contribution is -2.20. The number of hydrogen-bond acceptors (Lipinski definition) is 3. The molecular weight excluding hydrogens is 318 g/mol. The van der Waals surface area contributed by atoms with E-state index in [1.54, 1.807) is 0 Å². The van der Waals surface area contributed by atoms with Gasteiger partial charge >= 0.3 is 6.61 Å². The molecule has 4 nitrogen and oxygen atoms in total. The van der Waals surface area contributed by atoms with Gasteiger partial charge in [-0.25, -0.2) is 8.78 Å². The zero-order chi connectivity index (χ0) is 16.8. The van der Waals surface area contributed by atoms with Gasteiger partial charge < -0.3 is 14.8 Å². The van der Waals surface area contributed by atoms with Gasteiger partial charge in [0.05, 0.1) is 0 Å². The molecule has 2 aromatic carbocycles. The molecule has 0 bridgehead atoms. The maximum atomic E-state index is 13.0. The van der Waals surface area contributed by atoms with Crippen LogP contribution in [0.5, 0.6) is 11.5 Å². The van der Waals surface area contributed by atoms with E-state index in [1.807, 2.05) is 0 Å². The molecule has 0 fully saturated rings. The summed E-state index contributed by atoms with van der Waals surface area (Å²) in [6.07, 6.45) is 0. The fourth-order valence-corrected chi connectivity index (χ4v) is 1.63. The summed E-state index contributed by atoms with van der Waals surface area (Å²) in [4.78, 5) is 11.6. The fourth-order valence-electron chi connectivity index (χ4n) is 1.63. The summed E-state index contributed by atoms with van der Waals surface area (Å²) in [7, 11) is 0. The Morgan fingerprint density at radius 1 is 1.00 bits per heavy atom. The first-order valence-electron chi connectivity index (χ1n) is 6.36. The predicted molar refractivity (Wildman–Crippen MR) is 73.6 cm³/mol. The van der Waals surface area contributed by atoms with Crippen LogP contribution in [0.3, 0.4) is 0 Å². The van der Waals surface area contributed by atoms with Gasteiger partial charge in [0, 0.05) is 11.8 Å². The van der Waals surface area contributed by atoms with E-state index in [-0.39, 0.29) is 11.5 Å². The number of anilines is 1. The molecule has 122 valence electrons. The molecule has 0 heterocycles. The third-order valence-electron chi connectivity index (χ3n) is 2.62. The van der Waals surface area contributed by atoms with Gasteiger partial charge in [-0.15, -0.1) is 0 Å². The molecule has 0 saturated heterocycles. The van der Waals surface area contributed by atoms with E-state index < -0.39 is 30.8 Å². The molecule has 2 rings (SSSR count). The summed E-state index contributed by atoms with van der Waals surface area (Å²) in [5.74, 6) is -2.71. The molecule has 0 saturated carbocycles. The van der Waals surface area contributed by atoms with Crippen molar-refractivity contribution in [3.05, 3.63) is 54.1 Å². The molecular formula is C15H11F4NO3.